The summed E-state index contributed by atoms with van der Waals surface area (Å²) < 4.78 is 68.1. The van der Waals surface area contributed by atoms with Gasteiger partial charge in [0.05, 0.1) is 20.8 Å². The van der Waals surface area contributed by atoms with E-state index in [0.717, 1.165) is 37.7 Å². The van der Waals surface area contributed by atoms with Crippen LogP contribution in [0, 0.1) is 0 Å². The lowest BCUT2D eigenvalue weighted by Crippen LogP contribution is -2.02. The number of aromatic nitrogens is 1. The molecule has 0 saturated carbocycles. The number of nitrogen functional groups attached to an aromatic ring is 1. The Balaban J connectivity index is 1.50. The fourth-order valence-corrected chi connectivity index (χ4v) is 6.87. The van der Waals surface area contributed by atoms with E-state index >= 15 is 0 Å². The zero-order valence-corrected chi connectivity index (χ0v) is 22.1. The molecule has 5 aromatic rings. The van der Waals surface area contributed by atoms with E-state index in [-0.39, 0.29) is 16.5 Å². The van der Waals surface area contributed by atoms with E-state index in [1.807, 2.05) is 24.3 Å². The Morgan fingerprint density at radius 3 is 2.26 bits per heavy atom. The summed E-state index contributed by atoms with van der Waals surface area (Å²) >= 11 is 3.02. The van der Waals surface area contributed by atoms with Gasteiger partial charge in [0.1, 0.15) is 10.6 Å². The van der Waals surface area contributed by atoms with Crippen molar-refractivity contribution in [3.8, 4) is 5.75 Å². The number of phenolic OH excluding ortho intramolecular Hbond substituents is 1. The van der Waals surface area contributed by atoms with Crippen LogP contribution in [-0.4, -0.2) is 36.0 Å². The molecule has 0 atom stereocenters. The van der Waals surface area contributed by atoms with Crippen molar-refractivity contribution in [1.29, 1.82) is 0 Å². The van der Waals surface area contributed by atoms with Gasteiger partial charge in [-0.25, -0.2) is 4.98 Å². The van der Waals surface area contributed by atoms with E-state index in [9.17, 15) is 31.0 Å². The highest BCUT2D eigenvalue weighted by molar-refractivity contribution is 8.01. The van der Waals surface area contributed by atoms with Crippen molar-refractivity contribution in [2.75, 3.05) is 5.73 Å². The Labute approximate surface area is 224 Å². The molecule has 0 bridgehead atoms. The third kappa shape index (κ3) is 5.20. The van der Waals surface area contributed by atoms with Crippen molar-refractivity contribution >= 4 is 81.4 Å². The third-order valence-corrected chi connectivity index (χ3v) is 9.11. The van der Waals surface area contributed by atoms with Gasteiger partial charge < -0.3 is 10.8 Å². The smallest absolute Gasteiger partial charge is 0.296 e. The minimum atomic E-state index is -4.94. The summed E-state index contributed by atoms with van der Waals surface area (Å²) in [4.78, 5) is 3.99. The highest BCUT2D eigenvalue weighted by Gasteiger charge is 2.24. The number of phenols is 1. The fourth-order valence-electron chi connectivity index (χ4n) is 3.62. The van der Waals surface area contributed by atoms with Crippen LogP contribution < -0.4 is 5.73 Å². The van der Waals surface area contributed by atoms with Gasteiger partial charge >= 0.3 is 0 Å². The number of fused-ring (bicyclic) bond motifs is 2. The summed E-state index contributed by atoms with van der Waals surface area (Å²) in [6, 6.07) is 17.2. The quantitative estimate of drug-likeness (QED) is 0.107. The molecule has 5 rings (SSSR count). The number of aromatic hydroxyl groups is 1. The number of hydrogen-bond donors (Lipinski definition) is 4. The van der Waals surface area contributed by atoms with Gasteiger partial charge in [0, 0.05) is 16.0 Å². The molecule has 11 nitrogen and oxygen atoms in total. The lowest BCUT2D eigenvalue weighted by molar-refractivity contribution is 0.472. The van der Waals surface area contributed by atoms with Crippen LogP contribution in [-0.2, 0) is 20.2 Å². The van der Waals surface area contributed by atoms with Crippen molar-refractivity contribution in [1.82, 2.24) is 4.98 Å². The molecule has 0 saturated heterocycles. The second kappa shape index (κ2) is 9.61. The molecule has 0 aliphatic rings. The van der Waals surface area contributed by atoms with E-state index in [4.69, 9.17) is 5.73 Å². The van der Waals surface area contributed by atoms with Crippen LogP contribution in [0.5, 0.6) is 5.75 Å². The van der Waals surface area contributed by atoms with Crippen LogP contribution in [0.3, 0.4) is 0 Å². The van der Waals surface area contributed by atoms with Crippen molar-refractivity contribution in [2.24, 2.45) is 10.2 Å². The van der Waals surface area contributed by atoms with Crippen LogP contribution >= 0.6 is 23.1 Å². The first-order chi connectivity index (χ1) is 17.9. The Bertz CT molecular complexity index is 1940. The average molecular weight is 589 g/mol. The van der Waals surface area contributed by atoms with Gasteiger partial charge in [-0.05, 0) is 60.0 Å². The summed E-state index contributed by atoms with van der Waals surface area (Å²) in [5, 5.41) is 18.3. The van der Waals surface area contributed by atoms with Crippen molar-refractivity contribution in [2.45, 2.75) is 19.0 Å². The van der Waals surface area contributed by atoms with E-state index < -0.39 is 41.5 Å². The summed E-state index contributed by atoms with van der Waals surface area (Å²) in [7, 11) is -9.63. The maximum atomic E-state index is 12.0. The molecule has 5 N–H and O–H groups in total. The lowest BCUT2D eigenvalue weighted by atomic mass is 10.1. The first-order valence-corrected chi connectivity index (χ1v) is 15.0. The van der Waals surface area contributed by atoms with Crippen LogP contribution in [0.25, 0.3) is 21.0 Å². The summed E-state index contributed by atoms with van der Waals surface area (Å²) in [5.41, 5.74) is 6.22. The molecule has 38 heavy (non-hydrogen) atoms. The largest absolute Gasteiger partial charge is 0.505 e. The molecular formula is C23H16N4O7S4. The van der Waals surface area contributed by atoms with Crippen molar-refractivity contribution < 1.29 is 31.0 Å². The monoisotopic (exact) mass is 588 g/mol. The number of nitrogens with zero attached hydrogens (tertiary/aromatic N) is 3. The van der Waals surface area contributed by atoms with Gasteiger partial charge in [-0.15, -0.1) is 16.5 Å². The van der Waals surface area contributed by atoms with Gasteiger partial charge in [-0.2, -0.15) is 21.9 Å². The number of hydrogen-bond acceptors (Lipinski definition) is 11. The van der Waals surface area contributed by atoms with E-state index in [0.29, 0.717) is 5.69 Å². The standard InChI is InChI=1S/C23H16N4O7S4/c24-16-11-15(37(29,30)31)9-12-10-19(38(32,33)34)21(22(28)20(12)16)27-26-13-5-7-14(8-6-13)35-23-25-17-3-1-2-4-18(17)36-23/h1-11,28H,24H2,(H,29,30,31)(H,32,33,34). The molecule has 15 heteroatoms. The van der Waals surface area contributed by atoms with Gasteiger partial charge in [0.25, 0.3) is 20.2 Å². The Kier molecular flexibility index (Phi) is 6.58. The lowest BCUT2D eigenvalue weighted by Gasteiger charge is -2.11. The maximum absolute atomic E-state index is 12.0. The Hall–Kier alpha value is -3.60. The minimum Gasteiger partial charge on any atom is -0.505 e. The molecule has 0 spiro atoms. The van der Waals surface area contributed by atoms with Gasteiger partial charge in [-0.3, -0.25) is 9.11 Å². The van der Waals surface area contributed by atoms with Gasteiger partial charge in [0.15, 0.2) is 10.1 Å². The second-order valence-electron chi connectivity index (χ2n) is 7.88. The summed E-state index contributed by atoms with van der Waals surface area (Å²) in [6.07, 6.45) is 0. The number of nitrogens with two attached hydrogens (primary N) is 1. The summed E-state index contributed by atoms with van der Waals surface area (Å²) in [5.74, 6) is -0.749. The first kappa shape index (κ1) is 26.0. The van der Waals surface area contributed by atoms with Gasteiger partial charge in [0.2, 0.25) is 0 Å². The predicted molar refractivity (Wildman–Crippen MR) is 144 cm³/mol. The van der Waals surface area contributed by atoms with Crippen LogP contribution in [0.2, 0.25) is 0 Å². The zero-order valence-electron chi connectivity index (χ0n) is 18.9. The predicted octanol–water partition coefficient (Wildman–Crippen LogP) is 5.80. The maximum Gasteiger partial charge on any atom is 0.296 e. The van der Waals surface area contributed by atoms with E-state index in [2.05, 4.69) is 15.2 Å². The SMILES string of the molecule is Nc1cc(S(=O)(=O)O)cc2cc(S(=O)(=O)O)c(N=Nc3ccc(Sc4nc5ccccc5s4)cc3)c(O)c12. The molecule has 0 aliphatic carbocycles. The number of rotatable bonds is 6. The second-order valence-corrected chi connectivity index (χ2v) is 13.0. The average Bonchev–Trinajstić information content (AvgIpc) is 3.25. The number of thiazole rings is 1. The molecule has 0 amide bonds. The van der Waals surface area contributed by atoms with Crippen LogP contribution in [0.1, 0.15) is 0 Å². The molecular weight excluding hydrogens is 573 g/mol. The molecule has 0 aliphatic heterocycles. The third-order valence-electron chi connectivity index (χ3n) is 5.31. The van der Waals surface area contributed by atoms with Gasteiger partial charge in [-0.1, -0.05) is 23.9 Å². The molecule has 194 valence electrons. The molecule has 0 fully saturated rings. The normalized spacial score (nSPS) is 12.6. The molecule has 4 aromatic carbocycles. The van der Waals surface area contributed by atoms with E-state index in [1.165, 1.54) is 11.8 Å². The Morgan fingerprint density at radius 1 is 0.895 bits per heavy atom. The topological polar surface area (TPSA) is 193 Å². The number of azo groups is 1. The Morgan fingerprint density at radius 2 is 1.61 bits per heavy atom. The summed E-state index contributed by atoms with van der Waals surface area (Å²) in [6.45, 7) is 0. The van der Waals surface area contributed by atoms with Crippen LogP contribution in [0.4, 0.5) is 17.1 Å². The fraction of sp³-hybridized carbons (Fsp3) is 0. The number of para-hydroxylation sites is 1. The molecule has 1 aromatic heterocycles. The van der Waals surface area contributed by atoms with E-state index in [1.54, 1.807) is 35.6 Å². The van der Waals surface area contributed by atoms with Crippen molar-refractivity contribution in [3.05, 3.63) is 66.7 Å². The highest BCUT2D eigenvalue weighted by atomic mass is 32.2. The first-order valence-electron chi connectivity index (χ1n) is 10.5. The molecule has 0 radical (unpaired) electrons. The molecule has 1 heterocycles. The molecule has 0 unspecified atom stereocenters. The number of anilines is 1. The van der Waals surface area contributed by atoms with Crippen LogP contribution in [0.15, 0.2) is 96.0 Å². The minimum absolute atomic E-state index is 0.138. The highest BCUT2D eigenvalue weighted by Crippen LogP contribution is 2.44. The van der Waals surface area contributed by atoms with Crippen molar-refractivity contribution in [3.63, 3.8) is 0 Å². The number of benzene rings is 4. The zero-order chi connectivity index (χ0) is 27.2.